The molecule has 1 fully saturated rings. The Morgan fingerprint density at radius 1 is 1.62 bits per heavy atom. The Hall–Kier alpha value is -1.16. The van der Waals surface area contributed by atoms with Crippen molar-refractivity contribution in [3.05, 3.63) is 23.8 Å². The van der Waals surface area contributed by atoms with E-state index in [0.717, 1.165) is 6.54 Å². The molecule has 0 bridgehead atoms. The number of nitrogens with zero attached hydrogens (tertiary/aromatic N) is 2. The fraction of sp³-hybridized carbons (Fsp3) is 0.583. The second kappa shape index (κ2) is 4.78. The van der Waals surface area contributed by atoms with Crippen LogP contribution in [0.3, 0.4) is 0 Å². The number of hydrogen-bond donors (Lipinski definition) is 0. The summed E-state index contributed by atoms with van der Waals surface area (Å²) in [5, 5.41) is 0. The molecule has 0 saturated carbocycles. The molecule has 0 N–H and O–H groups in total. The number of likely N-dealkylation sites (tertiary alicyclic amines) is 1. The van der Waals surface area contributed by atoms with Gasteiger partial charge in [0.2, 0.25) is 5.95 Å². The van der Waals surface area contributed by atoms with Crippen LogP contribution in [0.15, 0.2) is 12.3 Å². The minimum Gasteiger partial charge on any atom is -0.490 e. The molecule has 3 nitrogen and oxygen atoms in total. The van der Waals surface area contributed by atoms with Crippen molar-refractivity contribution in [3.8, 4) is 5.75 Å². The van der Waals surface area contributed by atoms with Crippen LogP contribution in [-0.2, 0) is 6.42 Å². The third kappa shape index (κ3) is 2.32. The van der Waals surface area contributed by atoms with Crippen LogP contribution in [0.25, 0.3) is 0 Å². The maximum atomic E-state index is 13.1. The number of pyridine rings is 1. The third-order valence-corrected chi connectivity index (χ3v) is 3.15. The van der Waals surface area contributed by atoms with Crippen molar-refractivity contribution in [3.63, 3.8) is 0 Å². The van der Waals surface area contributed by atoms with Gasteiger partial charge in [0, 0.05) is 11.6 Å². The minimum atomic E-state index is -0.393. The molecular weight excluding hydrogens is 207 g/mol. The van der Waals surface area contributed by atoms with Gasteiger partial charge in [0.25, 0.3) is 0 Å². The highest BCUT2D eigenvalue weighted by molar-refractivity contribution is 5.24. The summed E-state index contributed by atoms with van der Waals surface area (Å²) < 4.78 is 18.7. The molecule has 0 aromatic carbocycles. The summed E-state index contributed by atoms with van der Waals surface area (Å²) in [4.78, 5) is 5.93. The van der Waals surface area contributed by atoms with Crippen molar-refractivity contribution >= 4 is 0 Å². The molecule has 2 rings (SSSR count). The molecule has 1 atom stereocenters. The zero-order valence-electron chi connectivity index (χ0n) is 9.74. The van der Waals surface area contributed by atoms with E-state index in [4.69, 9.17) is 4.74 Å². The highest BCUT2D eigenvalue weighted by Crippen LogP contribution is 2.18. The summed E-state index contributed by atoms with van der Waals surface area (Å²) in [6.45, 7) is 3.70. The lowest BCUT2D eigenvalue weighted by Gasteiger charge is -2.37. The standard InChI is InChI=1S/C12H17FN2O/c1-3-9-6-11(7-14-12(9)13)16-8-10-4-5-15(10)2/h6-7,10H,3-5,8H2,1-2H3/t10-/m1/s1. The minimum absolute atomic E-state index is 0.393. The monoisotopic (exact) mass is 224 g/mol. The van der Waals surface area contributed by atoms with E-state index in [1.165, 1.54) is 12.6 Å². The number of aryl methyl sites for hydroxylation is 1. The average Bonchev–Trinajstić information content (AvgIpc) is 2.29. The van der Waals surface area contributed by atoms with E-state index in [0.29, 0.717) is 30.4 Å². The topological polar surface area (TPSA) is 25.4 Å². The molecule has 1 aliphatic heterocycles. The lowest BCUT2D eigenvalue weighted by atomic mass is 10.1. The third-order valence-electron chi connectivity index (χ3n) is 3.15. The quantitative estimate of drug-likeness (QED) is 0.730. The van der Waals surface area contributed by atoms with Crippen LogP contribution in [0, 0.1) is 5.95 Å². The number of rotatable bonds is 4. The molecular formula is C12H17FN2O. The molecule has 4 heteroatoms. The van der Waals surface area contributed by atoms with Gasteiger partial charge < -0.3 is 4.74 Å². The van der Waals surface area contributed by atoms with Gasteiger partial charge in [0.1, 0.15) is 12.4 Å². The Labute approximate surface area is 95.2 Å². The second-order valence-electron chi connectivity index (χ2n) is 4.21. The molecule has 1 aromatic heterocycles. The Bertz CT molecular complexity index is 370. The smallest absolute Gasteiger partial charge is 0.216 e. The lowest BCUT2D eigenvalue weighted by Crippen LogP contribution is -2.48. The molecule has 1 saturated heterocycles. The van der Waals surface area contributed by atoms with E-state index in [9.17, 15) is 4.39 Å². The molecule has 1 aliphatic rings. The van der Waals surface area contributed by atoms with Crippen LogP contribution in [-0.4, -0.2) is 36.1 Å². The molecule has 1 aromatic rings. The van der Waals surface area contributed by atoms with E-state index < -0.39 is 5.95 Å². The Balaban J connectivity index is 1.93. The second-order valence-corrected chi connectivity index (χ2v) is 4.21. The van der Waals surface area contributed by atoms with E-state index in [1.54, 1.807) is 6.07 Å². The molecule has 2 heterocycles. The molecule has 16 heavy (non-hydrogen) atoms. The molecule has 0 spiro atoms. The van der Waals surface area contributed by atoms with Crippen LogP contribution in [0.1, 0.15) is 18.9 Å². The summed E-state index contributed by atoms with van der Waals surface area (Å²) in [5.41, 5.74) is 0.611. The number of ether oxygens (including phenoxy) is 1. The molecule has 0 unspecified atom stereocenters. The molecule has 0 radical (unpaired) electrons. The first-order valence-electron chi connectivity index (χ1n) is 5.68. The normalized spacial score (nSPS) is 20.6. The van der Waals surface area contributed by atoms with Gasteiger partial charge in [-0.15, -0.1) is 0 Å². The van der Waals surface area contributed by atoms with Gasteiger partial charge in [-0.2, -0.15) is 4.39 Å². The van der Waals surface area contributed by atoms with Crippen molar-refractivity contribution < 1.29 is 9.13 Å². The number of halogens is 1. The number of hydrogen-bond acceptors (Lipinski definition) is 3. The Kier molecular flexibility index (Phi) is 3.39. The molecule has 0 aliphatic carbocycles. The first-order valence-corrected chi connectivity index (χ1v) is 5.68. The molecule has 0 amide bonds. The van der Waals surface area contributed by atoms with E-state index in [2.05, 4.69) is 16.9 Å². The zero-order chi connectivity index (χ0) is 11.5. The zero-order valence-corrected chi connectivity index (χ0v) is 9.74. The highest BCUT2D eigenvalue weighted by Gasteiger charge is 2.24. The average molecular weight is 224 g/mol. The summed E-state index contributed by atoms with van der Waals surface area (Å²) in [5.74, 6) is 0.272. The maximum absolute atomic E-state index is 13.1. The van der Waals surface area contributed by atoms with Crippen LogP contribution < -0.4 is 4.74 Å². The van der Waals surface area contributed by atoms with Gasteiger partial charge in [-0.1, -0.05) is 6.92 Å². The number of aromatic nitrogens is 1. The summed E-state index contributed by atoms with van der Waals surface area (Å²) >= 11 is 0. The lowest BCUT2D eigenvalue weighted by molar-refractivity contribution is 0.0766. The summed E-state index contributed by atoms with van der Waals surface area (Å²) in [6, 6.07) is 2.23. The largest absolute Gasteiger partial charge is 0.490 e. The van der Waals surface area contributed by atoms with Gasteiger partial charge in [0.05, 0.1) is 6.20 Å². The number of likely N-dealkylation sites (N-methyl/N-ethyl adjacent to an activating group) is 1. The predicted octanol–water partition coefficient (Wildman–Crippen LogP) is 1.87. The van der Waals surface area contributed by atoms with E-state index >= 15 is 0 Å². The van der Waals surface area contributed by atoms with Gasteiger partial charge in [-0.05, 0) is 32.5 Å². The SMILES string of the molecule is CCc1cc(OC[C@H]2CCN2C)cnc1F. The van der Waals surface area contributed by atoms with Crippen molar-refractivity contribution in [1.29, 1.82) is 0 Å². The van der Waals surface area contributed by atoms with Crippen molar-refractivity contribution in [2.24, 2.45) is 0 Å². The maximum Gasteiger partial charge on any atom is 0.216 e. The van der Waals surface area contributed by atoms with Crippen molar-refractivity contribution in [2.45, 2.75) is 25.8 Å². The predicted molar refractivity (Wildman–Crippen MR) is 60.1 cm³/mol. The van der Waals surface area contributed by atoms with Crippen molar-refractivity contribution in [2.75, 3.05) is 20.2 Å². The van der Waals surface area contributed by atoms with Crippen LogP contribution in [0.2, 0.25) is 0 Å². The van der Waals surface area contributed by atoms with Gasteiger partial charge in [0.15, 0.2) is 0 Å². The highest BCUT2D eigenvalue weighted by atomic mass is 19.1. The van der Waals surface area contributed by atoms with Crippen LogP contribution >= 0.6 is 0 Å². The van der Waals surface area contributed by atoms with Crippen LogP contribution in [0.5, 0.6) is 5.75 Å². The van der Waals surface area contributed by atoms with Crippen LogP contribution in [0.4, 0.5) is 4.39 Å². The van der Waals surface area contributed by atoms with Gasteiger partial charge in [-0.25, -0.2) is 4.98 Å². The van der Waals surface area contributed by atoms with Crippen molar-refractivity contribution in [1.82, 2.24) is 9.88 Å². The fourth-order valence-corrected chi connectivity index (χ4v) is 1.77. The first-order chi connectivity index (χ1) is 7.70. The Morgan fingerprint density at radius 2 is 2.44 bits per heavy atom. The first kappa shape index (κ1) is 11.3. The molecule has 88 valence electrons. The summed E-state index contributed by atoms with van der Waals surface area (Å²) in [6.07, 6.45) is 3.26. The summed E-state index contributed by atoms with van der Waals surface area (Å²) in [7, 11) is 2.08. The van der Waals surface area contributed by atoms with E-state index in [1.807, 2.05) is 6.92 Å². The van der Waals surface area contributed by atoms with Gasteiger partial charge in [-0.3, -0.25) is 4.90 Å². The fourth-order valence-electron chi connectivity index (χ4n) is 1.77. The Morgan fingerprint density at radius 3 is 3.00 bits per heavy atom. The van der Waals surface area contributed by atoms with E-state index in [-0.39, 0.29) is 0 Å². The van der Waals surface area contributed by atoms with Gasteiger partial charge >= 0.3 is 0 Å².